The molecule has 31 heavy (non-hydrogen) atoms. The van der Waals surface area contributed by atoms with E-state index >= 15 is 0 Å². The van der Waals surface area contributed by atoms with Gasteiger partial charge in [-0.25, -0.2) is 14.6 Å². The van der Waals surface area contributed by atoms with Crippen LogP contribution in [0.4, 0.5) is 5.69 Å². The maximum absolute atomic E-state index is 12.6. The Morgan fingerprint density at radius 3 is 2.52 bits per heavy atom. The third-order valence-electron chi connectivity index (χ3n) is 4.65. The zero-order valence-corrected chi connectivity index (χ0v) is 17.4. The first-order valence-corrected chi connectivity index (χ1v) is 10.2. The van der Waals surface area contributed by atoms with E-state index in [0.29, 0.717) is 30.8 Å². The van der Waals surface area contributed by atoms with Gasteiger partial charge in [0.2, 0.25) is 0 Å². The summed E-state index contributed by atoms with van der Waals surface area (Å²) in [5, 5.41) is 2.86. The van der Waals surface area contributed by atoms with Crippen LogP contribution in [0.3, 0.4) is 0 Å². The molecule has 0 saturated carbocycles. The number of ether oxygens (including phenoxy) is 1. The summed E-state index contributed by atoms with van der Waals surface area (Å²) in [5.74, 6) is -0.886. The van der Waals surface area contributed by atoms with Crippen LogP contribution in [0.1, 0.15) is 53.8 Å². The molecule has 9 nitrogen and oxygen atoms in total. The lowest BCUT2D eigenvalue weighted by Gasteiger charge is -2.09. The van der Waals surface area contributed by atoms with Gasteiger partial charge in [0.25, 0.3) is 11.5 Å². The number of nitrogens with one attached hydrogen (secondary N) is 2. The molecule has 2 heterocycles. The maximum atomic E-state index is 12.6. The van der Waals surface area contributed by atoms with Crippen molar-refractivity contribution < 1.29 is 14.3 Å². The number of anilines is 1. The van der Waals surface area contributed by atoms with Gasteiger partial charge in [0.15, 0.2) is 0 Å². The molecule has 162 valence electrons. The van der Waals surface area contributed by atoms with Gasteiger partial charge < -0.3 is 10.1 Å². The van der Waals surface area contributed by atoms with Crippen LogP contribution in [-0.4, -0.2) is 33.0 Å². The lowest BCUT2D eigenvalue weighted by Crippen LogP contribution is -2.31. The van der Waals surface area contributed by atoms with Gasteiger partial charge in [0, 0.05) is 18.4 Å². The Labute approximate surface area is 178 Å². The third-order valence-corrected chi connectivity index (χ3v) is 4.65. The number of rotatable bonds is 8. The largest absolute Gasteiger partial charge is 0.462 e. The summed E-state index contributed by atoms with van der Waals surface area (Å²) in [7, 11) is 0. The van der Waals surface area contributed by atoms with E-state index in [2.05, 4.69) is 15.3 Å². The van der Waals surface area contributed by atoms with Crippen LogP contribution in [0.2, 0.25) is 0 Å². The molecular formula is C22H24N4O5. The molecule has 0 unspecified atom stereocenters. The molecule has 0 bridgehead atoms. The van der Waals surface area contributed by atoms with Crippen molar-refractivity contribution in [3.8, 4) is 0 Å². The molecule has 2 N–H and O–H groups in total. The first-order chi connectivity index (χ1) is 14.9. The fourth-order valence-electron chi connectivity index (χ4n) is 3.01. The molecule has 3 rings (SSSR count). The second-order valence-corrected chi connectivity index (χ2v) is 7.03. The van der Waals surface area contributed by atoms with Crippen LogP contribution in [0.25, 0.3) is 11.0 Å². The molecule has 9 heteroatoms. The van der Waals surface area contributed by atoms with Gasteiger partial charge in [-0.15, -0.1) is 0 Å². The number of amides is 1. The monoisotopic (exact) mass is 424 g/mol. The van der Waals surface area contributed by atoms with Gasteiger partial charge in [0.05, 0.1) is 23.1 Å². The van der Waals surface area contributed by atoms with E-state index in [4.69, 9.17) is 4.74 Å². The van der Waals surface area contributed by atoms with Crippen molar-refractivity contribution in [2.24, 2.45) is 0 Å². The summed E-state index contributed by atoms with van der Waals surface area (Å²) in [6.45, 7) is 4.68. The maximum Gasteiger partial charge on any atom is 0.338 e. The molecule has 1 amide bonds. The predicted octanol–water partition coefficient (Wildman–Crippen LogP) is 2.70. The molecular weight excluding hydrogens is 400 g/mol. The quantitative estimate of drug-likeness (QED) is 0.423. The van der Waals surface area contributed by atoms with Crippen LogP contribution in [0.5, 0.6) is 0 Å². The van der Waals surface area contributed by atoms with Crippen molar-refractivity contribution in [1.82, 2.24) is 14.5 Å². The van der Waals surface area contributed by atoms with Crippen molar-refractivity contribution in [1.29, 1.82) is 0 Å². The van der Waals surface area contributed by atoms with Gasteiger partial charge in [-0.1, -0.05) is 20.3 Å². The topological polar surface area (TPSA) is 123 Å². The predicted molar refractivity (Wildman–Crippen MR) is 117 cm³/mol. The Kier molecular flexibility index (Phi) is 6.96. The number of hydrogen-bond acceptors (Lipinski definition) is 6. The molecule has 3 aromatic rings. The number of nitrogens with zero attached hydrogens (tertiary/aromatic N) is 2. The van der Waals surface area contributed by atoms with Gasteiger partial charge in [-0.05, 0) is 43.2 Å². The summed E-state index contributed by atoms with van der Waals surface area (Å²) in [4.78, 5) is 55.2. The standard InChI is InChI=1S/C22H24N4O5/c1-3-5-11-31-21(29)14-6-8-16(9-7-14)24-19(27)15-12-17-18(23-13-15)26(10-4-2)22(30)25-20(17)28/h6-9,12-13H,3-5,10-11H2,1-2H3,(H,24,27)(H,25,28,30). The van der Waals surface area contributed by atoms with Crippen LogP contribution < -0.4 is 16.6 Å². The summed E-state index contributed by atoms with van der Waals surface area (Å²) < 4.78 is 6.53. The number of benzene rings is 1. The summed E-state index contributed by atoms with van der Waals surface area (Å²) in [5.41, 5.74) is 0.139. The number of aryl methyl sites for hydroxylation is 1. The number of fused-ring (bicyclic) bond motifs is 1. The van der Waals surface area contributed by atoms with E-state index in [1.165, 1.54) is 16.8 Å². The van der Waals surface area contributed by atoms with E-state index in [1.54, 1.807) is 24.3 Å². The number of unbranched alkanes of at least 4 members (excludes halogenated alkanes) is 1. The smallest absolute Gasteiger partial charge is 0.338 e. The van der Waals surface area contributed by atoms with E-state index in [1.807, 2.05) is 13.8 Å². The first kappa shape index (κ1) is 21.9. The molecule has 0 aliphatic carbocycles. The molecule has 0 spiro atoms. The van der Waals surface area contributed by atoms with E-state index in [0.717, 1.165) is 12.8 Å². The highest BCUT2D eigenvalue weighted by atomic mass is 16.5. The van der Waals surface area contributed by atoms with Crippen LogP contribution >= 0.6 is 0 Å². The molecule has 0 radical (unpaired) electrons. The minimum atomic E-state index is -0.597. The average molecular weight is 424 g/mol. The highest BCUT2D eigenvalue weighted by Gasteiger charge is 2.14. The number of hydrogen-bond donors (Lipinski definition) is 2. The second kappa shape index (κ2) is 9.84. The molecule has 2 aromatic heterocycles. The molecule has 0 aliphatic heterocycles. The number of esters is 1. The highest BCUT2D eigenvalue weighted by Crippen LogP contribution is 2.14. The molecule has 0 fully saturated rings. The lowest BCUT2D eigenvalue weighted by molar-refractivity contribution is 0.0499. The number of pyridine rings is 1. The molecule has 0 saturated heterocycles. The van der Waals surface area contributed by atoms with Gasteiger partial charge in [-0.3, -0.25) is 19.1 Å². The average Bonchev–Trinajstić information content (AvgIpc) is 2.77. The summed E-state index contributed by atoms with van der Waals surface area (Å²) in [6, 6.07) is 7.72. The molecule has 1 aromatic carbocycles. The van der Waals surface area contributed by atoms with Crippen molar-refractivity contribution >= 4 is 28.6 Å². The van der Waals surface area contributed by atoms with Crippen molar-refractivity contribution in [3.63, 3.8) is 0 Å². The zero-order chi connectivity index (χ0) is 22.4. The van der Waals surface area contributed by atoms with Gasteiger partial charge >= 0.3 is 11.7 Å². The molecule has 0 atom stereocenters. The van der Waals surface area contributed by atoms with E-state index in [-0.39, 0.29) is 16.6 Å². The Hall–Kier alpha value is -3.75. The number of carbonyl (C=O) groups is 2. The fourth-order valence-corrected chi connectivity index (χ4v) is 3.01. The second-order valence-electron chi connectivity index (χ2n) is 7.03. The Morgan fingerprint density at radius 1 is 1.10 bits per heavy atom. The lowest BCUT2D eigenvalue weighted by atomic mass is 10.2. The van der Waals surface area contributed by atoms with Crippen molar-refractivity contribution in [2.75, 3.05) is 11.9 Å². The van der Waals surface area contributed by atoms with E-state index < -0.39 is 23.1 Å². The van der Waals surface area contributed by atoms with E-state index in [9.17, 15) is 19.2 Å². The normalized spacial score (nSPS) is 10.8. The summed E-state index contributed by atoms with van der Waals surface area (Å²) in [6.07, 6.45) is 3.75. The number of H-pyrrole nitrogens is 1. The minimum absolute atomic E-state index is 0.158. The van der Waals surface area contributed by atoms with Crippen molar-refractivity contribution in [2.45, 2.75) is 39.7 Å². The first-order valence-electron chi connectivity index (χ1n) is 10.2. The number of aromatic nitrogens is 3. The van der Waals surface area contributed by atoms with Crippen LogP contribution in [-0.2, 0) is 11.3 Å². The zero-order valence-electron chi connectivity index (χ0n) is 17.4. The summed E-state index contributed by atoms with van der Waals surface area (Å²) >= 11 is 0. The Morgan fingerprint density at radius 2 is 1.84 bits per heavy atom. The van der Waals surface area contributed by atoms with Crippen molar-refractivity contribution in [3.05, 3.63) is 68.5 Å². The van der Waals surface area contributed by atoms with Gasteiger partial charge in [0.1, 0.15) is 5.65 Å². The Balaban J connectivity index is 1.78. The van der Waals surface area contributed by atoms with Gasteiger partial charge in [-0.2, -0.15) is 0 Å². The SMILES string of the molecule is CCCCOC(=O)c1ccc(NC(=O)c2cnc3c(c2)c(=O)[nH]c(=O)n3CCC)cc1. The Bertz CT molecular complexity index is 1210. The van der Waals surface area contributed by atoms with Crippen LogP contribution in [0.15, 0.2) is 46.1 Å². The number of aromatic amines is 1. The molecule has 0 aliphatic rings. The fraction of sp³-hybridized carbons (Fsp3) is 0.318. The third kappa shape index (κ3) is 5.06. The highest BCUT2D eigenvalue weighted by molar-refractivity contribution is 6.05. The van der Waals surface area contributed by atoms with Crippen LogP contribution in [0, 0.1) is 0 Å². The minimum Gasteiger partial charge on any atom is -0.462 e. The number of carbonyl (C=O) groups excluding carboxylic acids is 2.